The van der Waals surface area contributed by atoms with Gasteiger partial charge in [-0.2, -0.15) is 13.2 Å². The number of hydrogen-bond donors (Lipinski definition) is 2. The number of amides is 2. The summed E-state index contributed by atoms with van der Waals surface area (Å²) in [5.74, 6) is -1.22. The van der Waals surface area contributed by atoms with E-state index in [0.717, 1.165) is 63.5 Å². The fraction of sp³-hybridized carbons (Fsp3) is 0.586. The topological polar surface area (TPSA) is 97.6 Å². The van der Waals surface area contributed by atoms with Crippen LogP contribution in [0.1, 0.15) is 54.4 Å². The summed E-state index contributed by atoms with van der Waals surface area (Å²) in [6, 6.07) is 4.32. The number of hydrogen-bond acceptors (Lipinski definition) is 6. The first-order chi connectivity index (χ1) is 18.9. The number of halogens is 3. The normalized spacial score (nSPS) is 27.8. The maximum atomic E-state index is 12.9. The largest absolute Gasteiger partial charge is 0.416 e. The average molecular weight is 562 g/mol. The van der Waals surface area contributed by atoms with Crippen molar-refractivity contribution >= 4 is 24.2 Å². The number of carbonyl (C=O) groups excluding carboxylic acids is 2. The summed E-state index contributed by atoms with van der Waals surface area (Å²) in [5.41, 5.74) is -0.691. The maximum absolute atomic E-state index is 12.9. The van der Waals surface area contributed by atoms with Gasteiger partial charge in [0.15, 0.2) is 0 Å². The molecule has 0 radical (unpaired) electrons. The minimum atomic E-state index is -4.55. The van der Waals surface area contributed by atoms with Crippen LogP contribution in [-0.4, -0.2) is 97.1 Å². The summed E-state index contributed by atoms with van der Waals surface area (Å²) in [6.07, 6.45) is 5.96. The molecule has 1 aromatic rings. The molecule has 2 fully saturated rings. The second kappa shape index (κ2) is 12.7. The summed E-state index contributed by atoms with van der Waals surface area (Å²) < 4.78 is 38.6. The molecule has 0 bridgehead atoms. The number of likely N-dealkylation sites (N-methyl/N-ethyl adjacent to an activating group) is 1. The molecular formula is C29H38F3N5O3. The van der Waals surface area contributed by atoms with Gasteiger partial charge in [0, 0.05) is 43.0 Å². The summed E-state index contributed by atoms with van der Waals surface area (Å²) in [4.78, 5) is 37.5. The predicted molar refractivity (Wildman–Crippen MR) is 148 cm³/mol. The van der Waals surface area contributed by atoms with E-state index in [1.54, 1.807) is 6.21 Å². The van der Waals surface area contributed by atoms with Crippen LogP contribution in [-0.2, 0) is 11.0 Å². The predicted octanol–water partition coefficient (Wildman–Crippen LogP) is 3.36. The molecule has 11 heteroatoms. The van der Waals surface area contributed by atoms with Crippen molar-refractivity contribution in [2.45, 2.75) is 62.4 Å². The van der Waals surface area contributed by atoms with Crippen molar-refractivity contribution in [3.63, 3.8) is 0 Å². The monoisotopic (exact) mass is 561 g/mol. The molecule has 218 valence electrons. The Hall–Kier alpha value is -2.89. The van der Waals surface area contributed by atoms with Gasteiger partial charge in [-0.05, 0) is 82.9 Å². The summed E-state index contributed by atoms with van der Waals surface area (Å²) in [5, 5.41) is 13.7. The lowest BCUT2D eigenvalue weighted by molar-refractivity contribution is -0.137. The van der Waals surface area contributed by atoms with Crippen molar-refractivity contribution in [1.82, 2.24) is 15.1 Å². The van der Waals surface area contributed by atoms with Gasteiger partial charge in [0.25, 0.3) is 11.8 Å². The zero-order chi connectivity index (χ0) is 28.9. The third-order valence-electron chi connectivity index (χ3n) is 8.02. The molecule has 1 saturated heterocycles. The Bertz CT molecular complexity index is 1160. The quantitative estimate of drug-likeness (QED) is 0.475. The number of aliphatic imine (C=N–C) groups is 2. The van der Waals surface area contributed by atoms with Gasteiger partial charge in [-0.25, -0.2) is 4.99 Å². The van der Waals surface area contributed by atoms with Gasteiger partial charge in [0.2, 0.25) is 0 Å². The van der Waals surface area contributed by atoms with Gasteiger partial charge in [0.1, 0.15) is 0 Å². The molecule has 1 aromatic carbocycles. The maximum Gasteiger partial charge on any atom is 0.416 e. The van der Waals surface area contributed by atoms with Gasteiger partial charge >= 0.3 is 6.18 Å². The minimum absolute atomic E-state index is 0.0992. The second-order valence-electron chi connectivity index (χ2n) is 11.4. The first-order valence-electron chi connectivity index (χ1n) is 13.8. The summed E-state index contributed by atoms with van der Waals surface area (Å²) in [7, 11) is 4.05. The molecule has 2 N–H and O–H groups in total. The second-order valence-corrected chi connectivity index (χ2v) is 11.4. The molecule has 40 heavy (non-hydrogen) atoms. The van der Waals surface area contributed by atoms with Crippen LogP contribution in [0, 0.1) is 5.92 Å². The lowest BCUT2D eigenvalue weighted by atomic mass is 9.75. The zero-order valence-corrected chi connectivity index (χ0v) is 23.0. The van der Waals surface area contributed by atoms with Crippen LogP contribution in [0.4, 0.5) is 13.2 Å². The van der Waals surface area contributed by atoms with E-state index in [1.807, 2.05) is 20.3 Å². The molecule has 2 aliphatic heterocycles. The molecule has 2 amide bonds. The molecule has 0 spiro atoms. The number of rotatable bonds is 8. The zero-order valence-electron chi connectivity index (χ0n) is 23.0. The number of likely N-dealkylation sites (tertiary alicyclic amines) is 1. The molecule has 8 nitrogen and oxygen atoms in total. The van der Waals surface area contributed by atoms with E-state index in [9.17, 15) is 27.9 Å². The lowest BCUT2D eigenvalue weighted by Crippen LogP contribution is -2.49. The van der Waals surface area contributed by atoms with E-state index in [0.29, 0.717) is 18.9 Å². The van der Waals surface area contributed by atoms with Crippen molar-refractivity contribution < 1.29 is 27.9 Å². The number of aliphatic hydroxyl groups is 1. The van der Waals surface area contributed by atoms with E-state index < -0.39 is 35.7 Å². The first kappa shape index (κ1) is 30.1. The Morgan fingerprint density at radius 2 is 2.00 bits per heavy atom. The first-order valence-corrected chi connectivity index (χ1v) is 13.8. The Labute approximate surface area is 233 Å². The summed E-state index contributed by atoms with van der Waals surface area (Å²) >= 11 is 0. The van der Waals surface area contributed by atoms with Crippen molar-refractivity contribution in [3.05, 3.63) is 47.0 Å². The molecule has 2 heterocycles. The fourth-order valence-corrected chi connectivity index (χ4v) is 5.79. The van der Waals surface area contributed by atoms with E-state index in [2.05, 4.69) is 31.2 Å². The van der Waals surface area contributed by atoms with Crippen molar-refractivity contribution in [2.75, 3.05) is 40.3 Å². The SMILES string of the molecule is CN(C)CC1=CCC(C2(O)CCC(N3CCC(C=NC(=O)CNC(=O)c4cccc(C(F)(F)F)c4)C3)CC2)N=C1. The third-order valence-corrected chi connectivity index (χ3v) is 8.02. The highest BCUT2D eigenvalue weighted by Crippen LogP contribution is 2.38. The highest BCUT2D eigenvalue weighted by molar-refractivity contribution is 5.97. The Morgan fingerprint density at radius 1 is 1.25 bits per heavy atom. The van der Waals surface area contributed by atoms with Gasteiger partial charge in [-0.1, -0.05) is 12.1 Å². The molecule has 4 rings (SSSR count). The number of benzene rings is 1. The molecule has 1 saturated carbocycles. The number of carbonyl (C=O) groups is 2. The fourth-order valence-electron chi connectivity index (χ4n) is 5.79. The van der Waals surface area contributed by atoms with Gasteiger partial charge in [0.05, 0.1) is 23.8 Å². The third kappa shape index (κ3) is 7.86. The number of nitrogens with zero attached hydrogens (tertiary/aromatic N) is 4. The van der Waals surface area contributed by atoms with Gasteiger partial charge < -0.3 is 15.3 Å². The smallest absolute Gasteiger partial charge is 0.388 e. The van der Waals surface area contributed by atoms with Crippen LogP contribution in [0.2, 0.25) is 0 Å². The Balaban J connectivity index is 1.19. The van der Waals surface area contributed by atoms with Crippen molar-refractivity contribution in [2.24, 2.45) is 15.9 Å². The average Bonchev–Trinajstić information content (AvgIpc) is 3.39. The Kier molecular flexibility index (Phi) is 9.58. The number of dihydropyridines is 1. The minimum Gasteiger partial charge on any atom is -0.388 e. The van der Waals surface area contributed by atoms with Crippen LogP contribution >= 0.6 is 0 Å². The van der Waals surface area contributed by atoms with E-state index >= 15 is 0 Å². The van der Waals surface area contributed by atoms with Crippen LogP contribution in [0.3, 0.4) is 0 Å². The van der Waals surface area contributed by atoms with Crippen LogP contribution in [0.5, 0.6) is 0 Å². The van der Waals surface area contributed by atoms with Crippen LogP contribution in [0.15, 0.2) is 45.9 Å². The number of alkyl halides is 3. The highest BCUT2D eigenvalue weighted by Gasteiger charge is 2.42. The van der Waals surface area contributed by atoms with Gasteiger partial charge in [-0.3, -0.25) is 19.5 Å². The highest BCUT2D eigenvalue weighted by atomic mass is 19.4. The van der Waals surface area contributed by atoms with E-state index in [-0.39, 0.29) is 17.5 Å². The molecule has 2 atom stereocenters. The van der Waals surface area contributed by atoms with E-state index in [4.69, 9.17) is 0 Å². The van der Waals surface area contributed by atoms with Crippen molar-refractivity contribution in [1.29, 1.82) is 0 Å². The van der Waals surface area contributed by atoms with Crippen LogP contribution < -0.4 is 5.32 Å². The standard InChI is InChI=1S/C29H38F3N5O3/c1-36(2)18-20-6-7-25(33-15-20)28(40)11-8-24(9-12-28)37-13-10-21(19-37)16-34-26(38)17-35-27(39)22-4-3-5-23(14-22)29(30,31)32/h3-6,14-16,21,24-25,40H,7-13,17-19H2,1-2H3,(H,35,39). The summed E-state index contributed by atoms with van der Waals surface area (Å²) in [6.45, 7) is 2.11. The molecule has 3 aliphatic rings. The molecule has 2 unspecified atom stereocenters. The molecule has 1 aliphatic carbocycles. The molecular weight excluding hydrogens is 523 g/mol. The van der Waals surface area contributed by atoms with E-state index in [1.165, 1.54) is 11.6 Å². The molecule has 0 aromatic heterocycles. The van der Waals surface area contributed by atoms with Crippen LogP contribution in [0.25, 0.3) is 0 Å². The van der Waals surface area contributed by atoms with Crippen molar-refractivity contribution in [3.8, 4) is 0 Å². The Morgan fingerprint density at radius 3 is 2.65 bits per heavy atom. The number of nitrogens with one attached hydrogen (secondary N) is 1. The lowest BCUT2D eigenvalue weighted by Gasteiger charge is -2.43. The van der Waals surface area contributed by atoms with Gasteiger partial charge in [-0.15, -0.1) is 0 Å².